The zero-order chi connectivity index (χ0) is 15.5. The van der Waals surface area contributed by atoms with E-state index in [2.05, 4.69) is 20.5 Å². The minimum Gasteiger partial charge on any atom is -0.355 e. The molecule has 1 amide bonds. The number of benzene rings is 1. The summed E-state index contributed by atoms with van der Waals surface area (Å²) in [5.41, 5.74) is 0.398. The average molecular weight is 309 g/mol. The van der Waals surface area contributed by atoms with Crippen molar-refractivity contribution in [1.29, 1.82) is 0 Å². The molecule has 0 saturated heterocycles. The van der Waals surface area contributed by atoms with Crippen LogP contribution in [-0.4, -0.2) is 47.9 Å². The molecule has 0 radical (unpaired) electrons. The molecular weight excluding hydrogens is 294 g/mol. The highest BCUT2D eigenvalue weighted by atomic mass is 32.2. The molecule has 0 unspecified atom stereocenters. The number of rotatable bonds is 5. The Morgan fingerprint density at radius 2 is 2.00 bits per heavy atom. The van der Waals surface area contributed by atoms with Crippen molar-refractivity contribution >= 4 is 15.9 Å². The zero-order valence-corrected chi connectivity index (χ0v) is 12.4. The van der Waals surface area contributed by atoms with Gasteiger partial charge in [-0.1, -0.05) is 0 Å². The van der Waals surface area contributed by atoms with Crippen LogP contribution >= 0.6 is 0 Å². The lowest BCUT2D eigenvalue weighted by atomic mass is 10.2. The number of H-pyrrole nitrogens is 1. The van der Waals surface area contributed by atoms with Crippen LogP contribution in [0.3, 0.4) is 0 Å². The van der Waals surface area contributed by atoms with Crippen molar-refractivity contribution in [3.63, 3.8) is 0 Å². The Morgan fingerprint density at radius 3 is 2.52 bits per heavy atom. The minimum atomic E-state index is -3.65. The summed E-state index contributed by atoms with van der Waals surface area (Å²) in [6, 6.07) is 5.73. The fourth-order valence-corrected chi connectivity index (χ4v) is 2.84. The van der Waals surface area contributed by atoms with Gasteiger partial charge < -0.3 is 5.32 Å². The van der Waals surface area contributed by atoms with Crippen molar-refractivity contribution in [2.75, 3.05) is 14.1 Å². The van der Waals surface area contributed by atoms with E-state index in [-0.39, 0.29) is 17.3 Å². The van der Waals surface area contributed by atoms with Crippen LogP contribution in [0.1, 0.15) is 16.2 Å². The summed E-state index contributed by atoms with van der Waals surface area (Å²) in [4.78, 5) is 15.4. The molecule has 0 saturated carbocycles. The van der Waals surface area contributed by atoms with E-state index in [1.165, 1.54) is 44.7 Å². The van der Waals surface area contributed by atoms with E-state index < -0.39 is 10.0 Å². The second kappa shape index (κ2) is 6.02. The highest BCUT2D eigenvalue weighted by molar-refractivity contribution is 7.89. The second-order valence-electron chi connectivity index (χ2n) is 4.30. The maximum Gasteiger partial charge on any atom is 0.251 e. The van der Waals surface area contributed by atoms with E-state index in [9.17, 15) is 13.2 Å². The number of amides is 1. The maximum absolute atomic E-state index is 12.4. The smallest absolute Gasteiger partial charge is 0.251 e. The van der Waals surface area contributed by atoms with Crippen LogP contribution in [0, 0.1) is 0 Å². The van der Waals surface area contributed by atoms with Crippen molar-refractivity contribution in [1.82, 2.24) is 24.8 Å². The van der Waals surface area contributed by atoms with Gasteiger partial charge in [0.05, 0.1) is 11.4 Å². The van der Waals surface area contributed by atoms with Gasteiger partial charge in [-0.05, 0) is 24.3 Å². The summed E-state index contributed by atoms with van der Waals surface area (Å²) in [6.07, 6.45) is 1.31. The lowest BCUT2D eigenvalue weighted by Crippen LogP contribution is -2.27. The number of hydrogen-bond donors (Lipinski definition) is 2. The van der Waals surface area contributed by atoms with Gasteiger partial charge in [-0.25, -0.2) is 13.4 Å². The second-order valence-corrected chi connectivity index (χ2v) is 6.34. The summed E-state index contributed by atoms with van der Waals surface area (Å²) in [6.45, 7) is 0.0829. The lowest BCUT2D eigenvalue weighted by Gasteiger charge is -2.15. The third kappa shape index (κ3) is 3.26. The van der Waals surface area contributed by atoms with E-state index in [4.69, 9.17) is 0 Å². The third-order valence-corrected chi connectivity index (χ3v) is 4.71. The Balaban J connectivity index is 2.20. The van der Waals surface area contributed by atoms with Gasteiger partial charge in [0.25, 0.3) is 5.91 Å². The van der Waals surface area contributed by atoms with Crippen LogP contribution in [0.25, 0.3) is 0 Å². The molecule has 0 aliphatic heterocycles. The summed E-state index contributed by atoms with van der Waals surface area (Å²) in [5, 5.41) is 8.75. The van der Waals surface area contributed by atoms with Gasteiger partial charge in [-0.3, -0.25) is 9.89 Å². The summed E-state index contributed by atoms with van der Waals surface area (Å²) in [5.74, 6) is 0.178. The number of hydrogen-bond acceptors (Lipinski definition) is 5. The summed E-state index contributed by atoms with van der Waals surface area (Å²) >= 11 is 0. The predicted octanol–water partition coefficient (Wildman–Crippen LogP) is -0.0150. The van der Waals surface area contributed by atoms with Crippen LogP contribution < -0.4 is 5.32 Å². The Bertz CT molecular complexity index is 710. The van der Waals surface area contributed by atoms with E-state index in [0.29, 0.717) is 11.4 Å². The molecule has 0 spiro atoms. The first-order chi connectivity index (χ1) is 9.95. The monoisotopic (exact) mass is 309 g/mol. The molecule has 0 aliphatic carbocycles. The van der Waals surface area contributed by atoms with Crippen molar-refractivity contribution in [2.45, 2.75) is 11.4 Å². The maximum atomic E-state index is 12.4. The summed E-state index contributed by atoms with van der Waals surface area (Å²) in [7, 11) is -0.689. The Kier molecular flexibility index (Phi) is 4.34. The number of carbonyl (C=O) groups excluding carboxylic acids is 1. The molecule has 2 N–H and O–H groups in total. The van der Waals surface area contributed by atoms with Gasteiger partial charge in [0, 0.05) is 19.7 Å². The van der Waals surface area contributed by atoms with Crippen LogP contribution in [0.5, 0.6) is 0 Å². The van der Waals surface area contributed by atoms with Crippen molar-refractivity contribution in [3.8, 4) is 0 Å². The molecule has 1 heterocycles. The number of aromatic nitrogens is 3. The Labute approximate surface area is 122 Å². The number of nitrogens with zero attached hydrogens (tertiary/aromatic N) is 3. The molecule has 1 aromatic carbocycles. The normalized spacial score (nSPS) is 11.6. The molecule has 0 bridgehead atoms. The minimum absolute atomic E-state index is 0.0829. The fraction of sp³-hybridized carbons (Fsp3) is 0.250. The highest BCUT2D eigenvalue weighted by Crippen LogP contribution is 2.16. The average Bonchev–Trinajstić information content (AvgIpc) is 2.99. The van der Waals surface area contributed by atoms with Gasteiger partial charge >= 0.3 is 0 Å². The molecule has 2 rings (SSSR count). The van der Waals surface area contributed by atoms with Crippen molar-refractivity contribution in [2.24, 2.45) is 0 Å². The first-order valence-corrected chi connectivity index (χ1v) is 7.52. The number of aromatic amines is 1. The van der Waals surface area contributed by atoms with Crippen LogP contribution in [0.4, 0.5) is 0 Å². The predicted molar refractivity (Wildman–Crippen MR) is 74.9 cm³/mol. The van der Waals surface area contributed by atoms with Crippen molar-refractivity contribution in [3.05, 3.63) is 42.0 Å². The molecule has 9 heteroatoms. The largest absolute Gasteiger partial charge is 0.355 e. The van der Waals surface area contributed by atoms with Gasteiger partial charge in [0.1, 0.15) is 12.2 Å². The third-order valence-electron chi connectivity index (χ3n) is 2.89. The van der Waals surface area contributed by atoms with Gasteiger partial charge in [0.15, 0.2) is 0 Å². The van der Waals surface area contributed by atoms with Crippen LogP contribution in [0.2, 0.25) is 0 Å². The SMILES string of the molecule is CNC(=O)c1ccc(S(=O)(=O)N(C)Cc2ncn[nH]2)cc1. The molecule has 0 atom stereocenters. The van der Waals surface area contributed by atoms with Crippen LogP contribution in [-0.2, 0) is 16.6 Å². The van der Waals surface area contributed by atoms with Gasteiger partial charge in [0.2, 0.25) is 10.0 Å². The number of nitrogens with one attached hydrogen (secondary N) is 2. The molecule has 2 aromatic rings. The molecule has 112 valence electrons. The topological polar surface area (TPSA) is 108 Å². The molecule has 21 heavy (non-hydrogen) atoms. The first-order valence-electron chi connectivity index (χ1n) is 6.08. The molecule has 0 fully saturated rings. The fourth-order valence-electron chi connectivity index (χ4n) is 1.71. The van der Waals surface area contributed by atoms with Crippen molar-refractivity contribution < 1.29 is 13.2 Å². The van der Waals surface area contributed by atoms with E-state index >= 15 is 0 Å². The van der Waals surface area contributed by atoms with Gasteiger partial charge in [-0.2, -0.15) is 9.40 Å². The van der Waals surface area contributed by atoms with Gasteiger partial charge in [-0.15, -0.1) is 0 Å². The molecule has 0 aliphatic rings. The molecule has 1 aromatic heterocycles. The lowest BCUT2D eigenvalue weighted by molar-refractivity contribution is 0.0963. The molecule has 8 nitrogen and oxygen atoms in total. The highest BCUT2D eigenvalue weighted by Gasteiger charge is 2.22. The Hall–Kier alpha value is -2.26. The first kappa shape index (κ1) is 15.1. The van der Waals surface area contributed by atoms with Crippen LogP contribution in [0.15, 0.2) is 35.5 Å². The standard InChI is InChI=1S/C12H15N5O3S/c1-13-12(18)9-3-5-10(6-4-9)21(19,20)17(2)7-11-14-8-15-16-11/h3-6,8H,7H2,1-2H3,(H,13,18)(H,14,15,16). The summed E-state index contributed by atoms with van der Waals surface area (Å²) < 4.78 is 25.9. The quantitative estimate of drug-likeness (QED) is 0.807. The van der Waals surface area contributed by atoms with E-state index in [1.54, 1.807) is 0 Å². The van der Waals surface area contributed by atoms with E-state index in [0.717, 1.165) is 4.31 Å². The molecular formula is C12H15N5O3S. The Morgan fingerprint density at radius 1 is 1.33 bits per heavy atom. The number of sulfonamides is 1. The van der Waals surface area contributed by atoms with E-state index in [1.807, 2.05) is 0 Å². The number of carbonyl (C=O) groups is 1. The zero-order valence-electron chi connectivity index (χ0n) is 11.6.